The van der Waals surface area contributed by atoms with E-state index >= 15 is 4.39 Å². The lowest BCUT2D eigenvalue weighted by atomic mass is 9.94. The van der Waals surface area contributed by atoms with Crippen molar-refractivity contribution in [2.45, 2.75) is 78.1 Å². The number of nitrogens with one attached hydrogen (secondary N) is 3. The van der Waals surface area contributed by atoms with Gasteiger partial charge in [0.15, 0.2) is 0 Å². The number of halogens is 1. The van der Waals surface area contributed by atoms with Crippen molar-refractivity contribution in [3.8, 4) is 22.5 Å². The minimum Gasteiger partial charge on any atom is -0.391 e. The Morgan fingerprint density at radius 2 is 1.83 bits per heavy atom. The van der Waals surface area contributed by atoms with Gasteiger partial charge in [0.25, 0.3) is 0 Å². The summed E-state index contributed by atoms with van der Waals surface area (Å²) in [6, 6.07) is 12.8. The van der Waals surface area contributed by atoms with Crippen LogP contribution >= 0.6 is 0 Å². The Morgan fingerprint density at radius 1 is 1.06 bits per heavy atom. The van der Waals surface area contributed by atoms with Crippen LogP contribution in [0.1, 0.15) is 63.5 Å². The molecule has 7 rings (SSSR count). The van der Waals surface area contributed by atoms with Crippen molar-refractivity contribution in [1.82, 2.24) is 30.1 Å². The van der Waals surface area contributed by atoms with Gasteiger partial charge in [-0.2, -0.15) is 0 Å². The minimum atomic E-state index is -0.564. The van der Waals surface area contributed by atoms with Gasteiger partial charge in [-0.25, -0.2) is 19.2 Å². The second-order valence-corrected chi connectivity index (χ2v) is 15.6. The van der Waals surface area contributed by atoms with Crippen LogP contribution in [0.4, 0.5) is 14.9 Å². The van der Waals surface area contributed by atoms with Gasteiger partial charge in [-0.1, -0.05) is 38.1 Å². The van der Waals surface area contributed by atoms with Crippen LogP contribution in [0.3, 0.4) is 0 Å². The van der Waals surface area contributed by atoms with Gasteiger partial charge in [0, 0.05) is 54.4 Å². The molecule has 0 saturated carbocycles. The molecule has 2 atom stereocenters. The van der Waals surface area contributed by atoms with Crippen molar-refractivity contribution in [3.63, 3.8) is 0 Å². The Kier molecular flexibility index (Phi) is 11.5. The highest BCUT2D eigenvalue weighted by molar-refractivity contribution is 5.97. The topological polar surface area (TPSA) is 119 Å². The number of aromatic nitrogens is 3. The summed E-state index contributed by atoms with van der Waals surface area (Å²) in [5.74, 6) is 0.854. The number of nitrogens with zero attached hydrogens (tertiary/aromatic N) is 4. The number of aromatic amines is 1. The summed E-state index contributed by atoms with van der Waals surface area (Å²) >= 11 is 0. The maximum absolute atomic E-state index is 15.1. The summed E-state index contributed by atoms with van der Waals surface area (Å²) < 4.78 is 21.5. The molecule has 3 saturated heterocycles. The summed E-state index contributed by atoms with van der Waals surface area (Å²) in [6.45, 7) is 13.2. The van der Waals surface area contributed by atoms with E-state index in [4.69, 9.17) is 4.74 Å². The Hall–Kier alpha value is -3.90. The predicted molar refractivity (Wildman–Crippen MR) is 203 cm³/mol. The first-order valence-electron chi connectivity index (χ1n) is 19.2. The van der Waals surface area contributed by atoms with Gasteiger partial charge in [0.05, 0.1) is 24.5 Å². The number of benzene rings is 2. The van der Waals surface area contributed by atoms with Crippen molar-refractivity contribution < 1.29 is 19.0 Å². The summed E-state index contributed by atoms with van der Waals surface area (Å²) in [4.78, 5) is 29.9. The number of carbonyl (C=O) groups excluding carboxylic acids is 1. The molecule has 52 heavy (non-hydrogen) atoms. The maximum Gasteiger partial charge on any atom is 0.321 e. The van der Waals surface area contributed by atoms with Crippen molar-refractivity contribution in [3.05, 3.63) is 65.7 Å². The number of anilines is 1. The van der Waals surface area contributed by atoms with E-state index in [-0.39, 0.29) is 18.5 Å². The molecule has 2 aromatic heterocycles. The van der Waals surface area contributed by atoms with E-state index in [0.717, 1.165) is 60.5 Å². The number of amides is 2. The Balaban J connectivity index is 0.978. The third-order valence-corrected chi connectivity index (χ3v) is 11.4. The van der Waals surface area contributed by atoms with Gasteiger partial charge in [-0.05, 0) is 112 Å². The predicted octanol–water partition coefficient (Wildman–Crippen LogP) is 6.98. The largest absolute Gasteiger partial charge is 0.391 e. The highest BCUT2D eigenvalue weighted by Crippen LogP contribution is 2.35. The Morgan fingerprint density at radius 3 is 2.58 bits per heavy atom. The van der Waals surface area contributed by atoms with Crippen LogP contribution in [0.15, 0.2) is 48.8 Å². The summed E-state index contributed by atoms with van der Waals surface area (Å²) in [7, 11) is 0. The second kappa shape index (κ2) is 16.4. The van der Waals surface area contributed by atoms with Crippen LogP contribution in [0.2, 0.25) is 0 Å². The van der Waals surface area contributed by atoms with Gasteiger partial charge in [-0.15, -0.1) is 0 Å². The first-order chi connectivity index (χ1) is 25.2. The van der Waals surface area contributed by atoms with Crippen molar-refractivity contribution >= 4 is 22.8 Å². The minimum absolute atomic E-state index is 0.0312. The number of hydrogen-bond donors (Lipinski definition) is 4. The quantitative estimate of drug-likeness (QED) is 0.133. The average molecular weight is 712 g/mol. The van der Waals surface area contributed by atoms with E-state index in [1.165, 1.54) is 57.4 Å². The molecule has 4 N–H and O–H groups in total. The number of fused-ring (bicyclic) bond motifs is 1. The van der Waals surface area contributed by atoms with Crippen molar-refractivity contribution in [1.29, 1.82) is 0 Å². The third kappa shape index (κ3) is 8.65. The molecule has 278 valence electrons. The number of rotatable bonds is 11. The summed E-state index contributed by atoms with van der Waals surface area (Å²) in [5, 5.41) is 17.7. The molecule has 4 aromatic rings. The third-order valence-electron chi connectivity index (χ3n) is 11.4. The maximum atomic E-state index is 15.1. The van der Waals surface area contributed by atoms with Gasteiger partial charge >= 0.3 is 6.03 Å². The summed E-state index contributed by atoms with van der Waals surface area (Å²) in [6.07, 6.45) is 8.18. The average Bonchev–Trinajstić information content (AvgIpc) is 3.75. The molecule has 2 unspecified atom stereocenters. The monoisotopic (exact) mass is 711 g/mol. The Labute approximate surface area is 306 Å². The fourth-order valence-corrected chi connectivity index (χ4v) is 8.25. The van der Waals surface area contributed by atoms with Gasteiger partial charge in [0.2, 0.25) is 0 Å². The molecule has 3 aliphatic rings. The fraction of sp³-hybridized carbons (Fsp3) is 0.537. The van der Waals surface area contributed by atoms with Crippen LogP contribution in [0.5, 0.6) is 0 Å². The number of likely N-dealkylation sites (tertiary alicyclic amines) is 2. The van der Waals surface area contributed by atoms with E-state index < -0.39 is 11.9 Å². The van der Waals surface area contributed by atoms with Crippen LogP contribution in [-0.4, -0.2) is 93.9 Å². The second-order valence-electron chi connectivity index (χ2n) is 15.6. The molecule has 10 nitrogen and oxygen atoms in total. The highest BCUT2D eigenvalue weighted by atomic mass is 19.1. The zero-order valence-electron chi connectivity index (χ0n) is 30.8. The molecule has 3 aliphatic heterocycles. The first kappa shape index (κ1) is 36.5. The molecule has 0 radical (unpaired) electrons. The number of aliphatic hydroxyl groups is 1. The molecule has 2 aromatic carbocycles. The fourth-order valence-electron chi connectivity index (χ4n) is 8.25. The molecular formula is C41H54FN7O3. The lowest BCUT2D eigenvalue weighted by Gasteiger charge is -2.33. The number of H-pyrrole nitrogens is 1. The van der Waals surface area contributed by atoms with Crippen molar-refractivity contribution in [2.75, 3.05) is 51.1 Å². The van der Waals surface area contributed by atoms with Crippen LogP contribution in [-0.2, 0) is 11.3 Å². The standard InChI is InChI=1S/C41H54FN7O3/c1-26(2)18-31-22-49(23-38(31)50)41(51)47-36-20-32(42)19-34(27(36)3)39-35-21-37(46-40(35)45-25-44-39)30-6-4-29(5-7-30)24-52-33-11-16-48(17-12-33)15-10-28-8-13-43-14-9-28/h4-7,19-21,25-26,28,31,33,38,43,50H,8-18,22-24H2,1-3H3,(H,47,51)(H,44,45,46). The van der Waals surface area contributed by atoms with Crippen LogP contribution in [0, 0.1) is 30.5 Å². The number of aliphatic hydroxyl groups excluding tert-OH is 1. The molecule has 3 fully saturated rings. The molecular weight excluding hydrogens is 657 g/mol. The zero-order valence-corrected chi connectivity index (χ0v) is 30.8. The molecule has 2 amide bonds. The number of ether oxygens (including phenoxy) is 1. The van der Waals surface area contributed by atoms with Crippen molar-refractivity contribution in [2.24, 2.45) is 17.8 Å². The number of carbonyl (C=O) groups is 1. The number of piperidine rings is 2. The molecule has 11 heteroatoms. The van der Waals surface area contributed by atoms with Gasteiger partial charge in [0.1, 0.15) is 17.8 Å². The lowest BCUT2D eigenvalue weighted by Crippen LogP contribution is -2.38. The molecule has 0 aliphatic carbocycles. The van der Waals surface area contributed by atoms with Crippen LogP contribution < -0.4 is 10.6 Å². The SMILES string of the molecule is Cc1c(NC(=O)N2CC(O)C(CC(C)C)C2)cc(F)cc1-c1ncnc2[nH]c(-c3ccc(COC4CCN(CCC5CCNCC5)CC4)cc3)cc12. The lowest BCUT2D eigenvalue weighted by molar-refractivity contribution is -0.00341. The highest BCUT2D eigenvalue weighted by Gasteiger charge is 2.34. The number of hydrogen-bond acceptors (Lipinski definition) is 7. The van der Waals surface area contributed by atoms with E-state index in [2.05, 4.69) is 68.6 Å². The van der Waals surface area contributed by atoms with Gasteiger partial charge in [-0.3, -0.25) is 0 Å². The van der Waals surface area contributed by atoms with E-state index in [1.54, 1.807) is 4.90 Å². The zero-order chi connectivity index (χ0) is 36.2. The molecule has 0 spiro atoms. The normalized spacial score (nSPS) is 20.7. The van der Waals surface area contributed by atoms with E-state index in [1.807, 2.05) is 13.0 Å². The van der Waals surface area contributed by atoms with Crippen LogP contribution in [0.25, 0.3) is 33.5 Å². The summed E-state index contributed by atoms with van der Waals surface area (Å²) in [5.41, 5.74) is 5.89. The van der Waals surface area contributed by atoms with E-state index in [0.29, 0.717) is 53.3 Å². The molecule has 5 heterocycles. The van der Waals surface area contributed by atoms with E-state index in [9.17, 15) is 9.90 Å². The number of β-amino-alcohol motifs (C(OH)–C–C–N with tert-alkyl or cyclic N) is 1. The number of urea groups is 1. The molecule has 0 bridgehead atoms. The Bertz CT molecular complexity index is 1820. The van der Waals surface area contributed by atoms with Gasteiger partial charge < -0.3 is 35.3 Å². The smallest absolute Gasteiger partial charge is 0.321 e. The first-order valence-corrected chi connectivity index (χ1v) is 19.2.